The zero-order chi connectivity index (χ0) is 61.6. The number of rotatable bonds is 6. The lowest BCUT2D eigenvalue weighted by molar-refractivity contribution is 1.22. The molecule has 0 bridgehead atoms. The zero-order valence-corrected chi connectivity index (χ0v) is 50.0. The lowest BCUT2D eigenvalue weighted by Gasteiger charge is -2.48. The predicted octanol–water partition coefficient (Wildman–Crippen LogP) is 14.2. The summed E-state index contributed by atoms with van der Waals surface area (Å²) in [5.74, 6) is 0. The van der Waals surface area contributed by atoms with Crippen molar-refractivity contribution in [2.45, 2.75) is 0 Å². The van der Waals surface area contributed by atoms with Crippen molar-refractivity contribution in [3.8, 4) is 12.1 Å². The van der Waals surface area contributed by atoms with E-state index in [2.05, 4.69) is 338 Å². The molecular formula is C81H48B3N9. The minimum Gasteiger partial charge on any atom is -0.313 e. The van der Waals surface area contributed by atoms with Crippen LogP contribution in [0.1, 0.15) is 11.1 Å². The standard InChI is InChI=1S/C81H48B3N9/c1-87-54-44-77-81-78(45-54)93(60-34-18-7-19-35-60)70-49-72-66(47-64(70)83(81)62-37-21-23-39-68(62)89(77)56-26-10-3-11-27-56)84-65-46-63-69(48-71(65)91(58-30-14-5-15-31-58)75-42-53(51-86)43-76(80(75)84)92(72)59-32-16-6-17-33-59)90(57-28-12-4-13-29-57)74-41-52(50-85)40-73-79(74)82(63)61-36-20-22-38-67(61)88(73)55-24-8-2-9-25-55/h2-49H. The molecule has 13 aromatic rings. The Morgan fingerprint density at radius 1 is 0.247 bits per heavy atom. The van der Waals surface area contributed by atoms with Crippen molar-refractivity contribution in [2.24, 2.45) is 0 Å². The quantitative estimate of drug-likeness (QED) is 0.120. The second-order valence-electron chi connectivity index (χ2n) is 24.5. The van der Waals surface area contributed by atoms with Crippen molar-refractivity contribution < 1.29 is 0 Å². The highest BCUT2D eigenvalue weighted by molar-refractivity contribution is 7.04. The minimum atomic E-state index is -0.384. The van der Waals surface area contributed by atoms with Crippen molar-refractivity contribution in [3.63, 3.8) is 0 Å². The summed E-state index contributed by atoms with van der Waals surface area (Å²) in [6, 6.07) is 109. The molecule has 0 saturated carbocycles. The second-order valence-corrected chi connectivity index (χ2v) is 24.5. The number of anilines is 18. The van der Waals surface area contributed by atoms with Gasteiger partial charge in [0.1, 0.15) is 0 Å². The Labute approximate surface area is 540 Å². The Kier molecular flexibility index (Phi) is 11.3. The van der Waals surface area contributed by atoms with E-state index in [0.717, 1.165) is 146 Å². The van der Waals surface area contributed by atoms with Gasteiger partial charge in [0.05, 0.1) is 29.8 Å². The highest BCUT2D eigenvalue weighted by atomic mass is 15.2. The lowest BCUT2D eigenvalue weighted by Crippen LogP contribution is -2.66. The van der Waals surface area contributed by atoms with Gasteiger partial charge in [0.25, 0.3) is 20.1 Å². The van der Waals surface area contributed by atoms with E-state index in [1.807, 2.05) is 0 Å². The topological polar surface area (TPSA) is 71.4 Å². The summed E-state index contributed by atoms with van der Waals surface area (Å²) >= 11 is 0. The molecule has 0 unspecified atom stereocenters. The third-order valence-corrected chi connectivity index (χ3v) is 19.7. The highest BCUT2D eigenvalue weighted by Gasteiger charge is 2.51. The molecule has 0 spiro atoms. The molecule has 9 nitrogen and oxygen atoms in total. The summed E-state index contributed by atoms with van der Waals surface area (Å²) in [5.41, 5.74) is 29.5. The molecule has 0 amide bonds. The Balaban J connectivity index is 0.951. The Hall–Kier alpha value is -12.7. The summed E-state index contributed by atoms with van der Waals surface area (Å²) < 4.78 is 0. The lowest BCUT2D eigenvalue weighted by atomic mass is 9.29. The summed E-state index contributed by atoms with van der Waals surface area (Å²) in [5, 5.41) is 22.5. The molecule has 0 N–H and O–H groups in total. The smallest absolute Gasteiger partial charge is 0.252 e. The van der Waals surface area contributed by atoms with E-state index in [4.69, 9.17) is 6.57 Å². The summed E-state index contributed by atoms with van der Waals surface area (Å²) in [4.78, 5) is 18.5. The van der Waals surface area contributed by atoms with Crippen molar-refractivity contribution in [3.05, 3.63) is 314 Å². The summed E-state index contributed by atoms with van der Waals surface area (Å²) in [6.07, 6.45) is 0. The highest BCUT2D eigenvalue weighted by Crippen LogP contribution is 2.52. The molecule has 6 aliphatic rings. The number of hydrogen-bond donors (Lipinski definition) is 0. The molecule has 0 saturated heterocycles. The molecule has 13 aromatic carbocycles. The second kappa shape index (κ2) is 20.2. The van der Waals surface area contributed by atoms with Crippen molar-refractivity contribution in [1.82, 2.24) is 0 Å². The van der Waals surface area contributed by atoms with Crippen LogP contribution in [-0.2, 0) is 0 Å². The average Bonchev–Trinajstić information content (AvgIpc) is 0.688. The van der Waals surface area contributed by atoms with Gasteiger partial charge in [-0.1, -0.05) is 158 Å². The van der Waals surface area contributed by atoms with E-state index < -0.39 is 0 Å². The maximum atomic E-state index is 11.4. The van der Waals surface area contributed by atoms with Crippen molar-refractivity contribution in [2.75, 3.05) is 29.4 Å². The molecule has 12 heteroatoms. The van der Waals surface area contributed by atoms with Crippen molar-refractivity contribution >= 4 is 177 Å². The van der Waals surface area contributed by atoms with Gasteiger partial charge < -0.3 is 29.4 Å². The molecule has 6 heterocycles. The van der Waals surface area contributed by atoms with E-state index in [-0.39, 0.29) is 20.1 Å². The first-order valence-corrected chi connectivity index (χ1v) is 31.4. The van der Waals surface area contributed by atoms with Crippen LogP contribution in [-0.4, -0.2) is 20.1 Å². The van der Waals surface area contributed by atoms with Crippen LogP contribution in [0.3, 0.4) is 0 Å². The average molecular weight is 1180 g/mol. The number of benzene rings is 13. The van der Waals surface area contributed by atoms with E-state index in [9.17, 15) is 10.5 Å². The van der Waals surface area contributed by atoms with Gasteiger partial charge in [0.15, 0.2) is 5.69 Å². The monoisotopic (exact) mass is 1180 g/mol. The Morgan fingerprint density at radius 2 is 0.484 bits per heavy atom. The van der Waals surface area contributed by atoms with Gasteiger partial charge in [0.2, 0.25) is 0 Å². The van der Waals surface area contributed by atoms with Gasteiger partial charge in [-0.2, -0.15) is 10.5 Å². The Morgan fingerprint density at radius 3 is 0.753 bits per heavy atom. The van der Waals surface area contributed by atoms with Gasteiger partial charge >= 0.3 is 0 Å². The van der Waals surface area contributed by atoms with Crippen LogP contribution >= 0.6 is 0 Å². The summed E-state index contributed by atoms with van der Waals surface area (Å²) in [6.45, 7) is 7.79. The molecule has 0 aromatic heterocycles. The normalized spacial score (nSPS) is 13.6. The van der Waals surface area contributed by atoms with Crippen LogP contribution in [0.15, 0.2) is 291 Å². The molecule has 93 heavy (non-hydrogen) atoms. The van der Waals surface area contributed by atoms with Gasteiger partial charge in [0, 0.05) is 102 Å². The maximum Gasteiger partial charge on any atom is 0.252 e. The molecule has 0 radical (unpaired) electrons. The van der Waals surface area contributed by atoms with Crippen LogP contribution in [0, 0.1) is 29.2 Å². The predicted molar refractivity (Wildman–Crippen MR) is 384 cm³/mol. The molecular weight excluding hydrogens is 1130 g/mol. The van der Waals surface area contributed by atoms with E-state index in [1.165, 1.54) is 5.46 Å². The first kappa shape index (κ1) is 52.3. The number of hydrogen-bond acceptors (Lipinski definition) is 8. The van der Waals surface area contributed by atoms with E-state index in [1.54, 1.807) is 0 Å². The van der Waals surface area contributed by atoms with Crippen LogP contribution in [0.5, 0.6) is 0 Å². The first-order valence-electron chi connectivity index (χ1n) is 31.4. The Bertz CT molecular complexity index is 5120. The largest absolute Gasteiger partial charge is 0.313 e. The molecule has 0 aliphatic carbocycles. The van der Waals surface area contributed by atoms with Crippen LogP contribution in [0.25, 0.3) is 4.85 Å². The van der Waals surface area contributed by atoms with Gasteiger partial charge in [-0.25, -0.2) is 4.85 Å². The first-order chi connectivity index (χ1) is 46.0. The maximum absolute atomic E-state index is 11.4. The van der Waals surface area contributed by atoms with E-state index in [0.29, 0.717) is 16.8 Å². The van der Waals surface area contributed by atoms with Crippen molar-refractivity contribution in [1.29, 1.82) is 10.5 Å². The summed E-state index contributed by atoms with van der Waals surface area (Å²) in [7, 11) is 0. The molecule has 0 fully saturated rings. The zero-order valence-electron chi connectivity index (χ0n) is 50.0. The fourth-order valence-corrected chi connectivity index (χ4v) is 16.2. The molecule has 426 valence electrons. The number of fused-ring (bicyclic) bond motifs is 12. The van der Waals surface area contributed by atoms with Gasteiger partial charge in [-0.3, -0.25) is 0 Å². The molecule has 19 rings (SSSR count). The third-order valence-electron chi connectivity index (χ3n) is 19.7. The third kappa shape index (κ3) is 7.51. The molecule has 0 atom stereocenters. The van der Waals surface area contributed by atoms with Crippen LogP contribution in [0.2, 0.25) is 0 Å². The number of nitriles is 2. The number of nitrogens with zero attached hydrogens (tertiary/aromatic N) is 9. The minimum absolute atomic E-state index is 0.260. The number of para-hydroxylation sites is 8. The SMILES string of the molecule is [C-]#[N+]c1cc2c3c(c1)N(c1ccccc1)c1cc4c(cc1B3c1ccccc1N2c1ccccc1)B1c2cc3c(cc2N(c2ccccc2)c2cc(C#N)cc(c21)N4c1ccccc1)N(c1ccccc1)c1cc(C#N)cc2c1B3c1ccccc1N2c1ccccc1. The van der Waals surface area contributed by atoms with Gasteiger partial charge in [-0.05, 0) is 183 Å². The van der Waals surface area contributed by atoms with Crippen LogP contribution < -0.4 is 78.6 Å². The van der Waals surface area contributed by atoms with Crippen LogP contribution in [0.4, 0.5) is 108 Å². The fourth-order valence-electron chi connectivity index (χ4n) is 16.2. The fraction of sp³-hybridized carbons (Fsp3) is 0. The van der Waals surface area contributed by atoms with E-state index >= 15 is 0 Å². The van der Waals surface area contributed by atoms with Gasteiger partial charge in [-0.15, -0.1) is 0 Å². The molecule has 6 aliphatic heterocycles.